The Balaban J connectivity index is 1.64. The normalized spacial score (nSPS) is 15.9. The molecule has 0 saturated carbocycles. The molecule has 0 bridgehead atoms. The summed E-state index contributed by atoms with van der Waals surface area (Å²) in [7, 11) is 0. The molecule has 2 heterocycles. The van der Waals surface area contributed by atoms with E-state index in [0.717, 1.165) is 6.67 Å². The lowest BCUT2D eigenvalue weighted by Gasteiger charge is -2.40. The van der Waals surface area contributed by atoms with Crippen molar-refractivity contribution < 1.29 is 0 Å². The van der Waals surface area contributed by atoms with Crippen molar-refractivity contribution in [1.29, 1.82) is 0 Å². The first-order valence-electron chi connectivity index (χ1n) is 12.6. The molecular weight excluding hydrogens is 412 g/mol. The molecule has 0 unspecified atom stereocenters. The number of anilines is 4. The van der Waals surface area contributed by atoms with E-state index in [1.54, 1.807) is 0 Å². The molecule has 2 aliphatic heterocycles. The highest BCUT2D eigenvalue weighted by Gasteiger charge is 2.43. The van der Waals surface area contributed by atoms with Gasteiger partial charge in [-0.3, -0.25) is 0 Å². The highest BCUT2D eigenvalue weighted by atomic mass is 15.4. The predicted octanol–water partition coefficient (Wildman–Crippen LogP) is 8.97. The molecule has 4 aromatic carbocycles. The highest BCUT2D eigenvalue weighted by molar-refractivity contribution is 6.00. The van der Waals surface area contributed by atoms with Crippen molar-refractivity contribution in [2.24, 2.45) is 0 Å². The van der Waals surface area contributed by atoms with Crippen LogP contribution in [0.25, 0.3) is 10.8 Å². The number of benzene rings is 4. The fourth-order valence-electron chi connectivity index (χ4n) is 6.31. The van der Waals surface area contributed by atoms with Gasteiger partial charge in [0.15, 0.2) is 0 Å². The van der Waals surface area contributed by atoms with E-state index in [4.69, 9.17) is 0 Å². The van der Waals surface area contributed by atoms with Crippen LogP contribution in [0.4, 0.5) is 22.7 Å². The Bertz CT molecular complexity index is 1400. The summed E-state index contributed by atoms with van der Waals surface area (Å²) in [5, 5.41) is 2.68. The average molecular weight is 447 g/mol. The lowest BCUT2D eigenvalue weighted by Crippen LogP contribution is -2.33. The van der Waals surface area contributed by atoms with Crippen molar-refractivity contribution in [1.82, 2.24) is 0 Å². The molecule has 0 radical (unpaired) electrons. The Kier molecular flexibility index (Phi) is 4.61. The molecule has 2 nitrogen and oxygen atoms in total. The predicted molar refractivity (Wildman–Crippen MR) is 146 cm³/mol. The Morgan fingerprint density at radius 1 is 0.647 bits per heavy atom. The van der Waals surface area contributed by atoms with Crippen molar-refractivity contribution in [2.45, 2.75) is 58.8 Å². The number of rotatable bonds is 3. The first kappa shape index (κ1) is 21.3. The quantitative estimate of drug-likeness (QED) is 0.310. The van der Waals surface area contributed by atoms with Gasteiger partial charge in [-0.2, -0.15) is 0 Å². The highest BCUT2D eigenvalue weighted by Crippen LogP contribution is 2.58. The lowest BCUT2D eigenvalue weighted by atomic mass is 9.72. The van der Waals surface area contributed by atoms with Crippen LogP contribution in [-0.4, -0.2) is 6.67 Å². The molecule has 172 valence electrons. The van der Waals surface area contributed by atoms with Crippen molar-refractivity contribution in [3.63, 3.8) is 0 Å². The van der Waals surface area contributed by atoms with E-state index in [-0.39, 0.29) is 5.41 Å². The largest absolute Gasteiger partial charge is 0.320 e. The van der Waals surface area contributed by atoms with Crippen molar-refractivity contribution in [3.8, 4) is 0 Å². The van der Waals surface area contributed by atoms with Crippen LogP contribution in [0.2, 0.25) is 0 Å². The minimum Gasteiger partial charge on any atom is -0.320 e. The zero-order valence-electron chi connectivity index (χ0n) is 21.2. The number of hydrogen-bond donors (Lipinski definition) is 0. The van der Waals surface area contributed by atoms with Crippen LogP contribution < -0.4 is 9.80 Å². The van der Waals surface area contributed by atoms with Crippen molar-refractivity contribution in [3.05, 3.63) is 95.1 Å². The molecule has 0 aliphatic carbocycles. The summed E-state index contributed by atoms with van der Waals surface area (Å²) in [5.74, 6) is 0.930. The minimum absolute atomic E-state index is 0.0769. The van der Waals surface area contributed by atoms with Crippen LogP contribution in [-0.2, 0) is 5.41 Å². The Labute approximate surface area is 203 Å². The van der Waals surface area contributed by atoms with Gasteiger partial charge in [-0.25, -0.2) is 0 Å². The zero-order chi connectivity index (χ0) is 23.8. The summed E-state index contributed by atoms with van der Waals surface area (Å²) in [4.78, 5) is 5.16. The van der Waals surface area contributed by atoms with E-state index in [9.17, 15) is 0 Å². The lowest BCUT2D eigenvalue weighted by molar-refractivity contribution is 0.635. The van der Waals surface area contributed by atoms with E-state index in [1.165, 1.54) is 55.8 Å². The number of fused-ring (bicyclic) bond motifs is 4. The molecule has 6 rings (SSSR count). The molecule has 0 N–H and O–H groups in total. The third-order valence-corrected chi connectivity index (χ3v) is 7.97. The zero-order valence-corrected chi connectivity index (χ0v) is 21.2. The number of hydrogen-bond acceptors (Lipinski definition) is 2. The van der Waals surface area contributed by atoms with E-state index in [0.29, 0.717) is 11.8 Å². The first-order chi connectivity index (χ1) is 16.3. The second-order valence-corrected chi connectivity index (χ2v) is 11.1. The van der Waals surface area contributed by atoms with Gasteiger partial charge in [0.25, 0.3) is 0 Å². The summed E-state index contributed by atoms with van der Waals surface area (Å²) in [5.41, 5.74) is 11.1. The van der Waals surface area contributed by atoms with E-state index < -0.39 is 0 Å². The second kappa shape index (κ2) is 7.37. The second-order valence-electron chi connectivity index (χ2n) is 11.1. The molecule has 2 aliphatic rings. The molecule has 0 spiro atoms. The molecule has 0 amide bonds. The number of para-hydroxylation sites is 2. The van der Waals surface area contributed by atoms with Crippen LogP contribution in [0.15, 0.2) is 72.8 Å². The summed E-state index contributed by atoms with van der Waals surface area (Å²) in [6.07, 6.45) is 0. The van der Waals surface area contributed by atoms with Gasteiger partial charge in [0, 0.05) is 16.8 Å². The van der Waals surface area contributed by atoms with Crippen LogP contribution >= 0.6 is 0 Å². The SMILES string of the molecule is CC(C)c1cccc(C(C)C)c1N1CN2c3ccc4ccccc4c3C(C)(C)c3cccc1c32. The standard InChI is InChI=1S/C32H34N2/c1-20(2)23-13-9-14-24(21(3)4)30(23)34-19-33-27-18-17-22-11-7-8-12-25(22)29(27)32(5,6)26-15-10-16-28(34)31(26)33/h7-18,20-21H,19H2,1-6H3. The van der Waals surface area contributed by atoms with Crippen LogP contribution in [0, 0.1) is 0 Å². The minimum atomic E-state index is -0.0769. The summed E-state index contributed by atoms with van der Waals surface area (Å²) >= 11 is 0. The molecule has 2 heteroatoms. The summed E-state index contributed by atoms with van der Waals surface area (Å²) in [6, 6.07) is 27.3. The van der Waals surface area contributed by atoms with Crippen LogP contribution in [0.1, 0.15) is 75.6 Å². The smallest absolute Gasteiger partial charge is 0.100 e. The van der Waals surface area contributed by atoms with Gasteiger partial charge >= 0.3 is 0 Å². The van der Waals surface area contributed by atoms with Gasteiger partial charge in [-0.15, -0.1) is 0 Å². The topological polar surface area (TPSA) is 6.48 Å². The molecule has 0 atom stereocenters. The molecule has 34 heavy (non-hydrogen) atoms. The summed E-state index contributed by atoms with van der Waals surface area (Å²) in [6.45, 7) is 14.9. The van der Waals surface area contributed by atoms with Crippen LogP contribution in [0.5, 0.6) is 0 Å². The van der Waals surface area contributed by atoms with Gasteiger partial charge < -0.3 is 9.80 Å². The van der Waals surface area contributed by atoms with Gasteiger partial charge in [-0.1, -0.05) is 102 Å². The maximum absolute atomic E-state index is 2.59. The third-order valence-electron chi connectivity index (χ3n) is 7.97. The molecule has 0 fully saturated rings. The maximum atomic E-state index is 2.59. The third kappa shape index (κ3) is 2.81. The Hall–Kier alpha value is -3.26. The van der Waals surface area contributed by atoms with Gasteiger partial charge in [0.1, 0.15) is 6.67 Å². The molecule has 0 saturated heterocycles. The molecule has 0 aromatic heterocycles. The monoisotopic (exact) mass is 446 g/mol. The van der Waals surface area contributed by atoms with Crippen LogP contribution in [0.3, 0.4) is 0 Å². The molecule has 4 aromatic rings. The Morgan fingerprint density at radius 3 is 2.00 bits per heavy atom. The molecular formula is C32H34N2. The van der Waals surface area contributed by atoms with Crippen molar-refractivity contribution >= 4 is 33.5 Å². The van der Waals surface area contributed by atoms with E-state index in [2.05, 4.69) is 124 Å². The average Bonchev–Trinajstić information content (AvgIpc) is 3.21. The van der Waals surface area contributed by atoms with Gasteiger partial charge in [0.2, 0.25) is 0 Å². The number of nitrogens with zero attached hydrogens (tertiary/aromatic N) is 2. The maximum Gasteiger partial charge on any atom is 0.100 e. The fraction of sp³-hybridized carbons (Fsp3) is 0.312. The first-order valence-corrected chi connectivity index (χ1v) is 12.6. The van der Waals surface area contributed by atoms with Gasteiger partial charge in [0.05, 0.1) is 11.4 Å². The van der Waals surface area contributed by atoms with E-state index in [1.807, 2.05) is 0 Å². The summed E-state index contributed by atoms with van der Waals surface area (Å²) < 4.78 is 0. The Morgan fingerprint density at radius 2 is 1.29 bits per heavy atom. The fourth-order valence-corrected chi connectivity index (χ4v) is 6.31. The van der Waals surface area contributed by atoms with Gasteiger partial charge in [-0.05, 0) is 57.0 Å². The van der Waals surface area contributed by atoms with Crippen molar-refractivity contribution in [2.75, 3.05) is 16.5 Å². The van der Waals surface area contributed by atoms with E-state index >= 15 is 0 Å².